The summed E-state index contributed by atoms with van der Waals surface area (Å²) in [6.45, 7) is 2.84. The van der Waals surface area contributed by atoms with Crippen LogP contribution in [0, 0.1) is 0 Å². The lowest BCUT2D eigenvalue weighted by molar-refractivity contribution is 0.192. The Hall–Kier alpha value is -1.20. The Morgan fingerprint density at radius 3 is 2.86 bits per heavy atom. The molecule has 0 aromatic heterocycles. The summed E-state index contributed by atoms with van der Waals surface area (Å²) in [6.07, 6.45) is 5.42. The summed E-state index contributed by atoms with van der Waals surface area (Å²) in [5.41, 5.74) is 2.07. The van der Waals surface area contributed by atoms with Crippen molar-refractivity contribution in [3.05, 3.63) is 29.8 Å². The largest absolute Gasteiger partial charge is 0.395 e. The molecule has 2 N–H and O–H groups in total. The topological polar surface area (TPSA) is 52.6 Å². The lowest BCUT2D eigenvalue weighted by Crippen LogP contribution is -2.36. The zero-order valence-electron chi connectivity index (χ0n) is 13.3. The number of rotatable bonds is 7. The number of hydrogen-bond acceptors (Lipinski definition) is 3. The lowest BCUT2D eigenvalue weighted by Gasteiger charge is -2.20. The molecule has 0 aliphatic heterocycles. The molecule has 0 atom stereocenters. The van der Waals surface area contributed by atoms with Crippen LogP contribution in [0.5, 0.6) is 0 Å². The Kier molecular flexibility index (Phi) is 7.06. The van der Waals surface area contributed by atoms with Crippen molar-refractivity contribution in [3.63, 3.8) is 0 Å². The van der Waals surface area contributed by atoms with E-state index >= 15 is 0 Å². The second-order valence-electron chi connectivity index (χ2n) is 5.65. The van der Waals surface area contributed by atoms with Gasteiger partial charge in [0.25, 0.3) is 0 Å². The van der Waals surface area contributed by atoms with Gasteiger partial charge in [-0.15, -0.1) is 0 Å². The van der Waals surface area contributed by atoms with Gasteiger partial charge in [-0.2, -0.15) is 11.8 Å². The van der Waals surface area contributed by atoms with Crippen molar-refractivity contribution in [3.8, 4) is 0 Å². The molecule has 1 aromatic rings. The number of nitrogens with zero attached hydrogens (tertiary/aromatic N) is 1. The van der Waals surface area contributed by atoms with Crippen LogP contribution in [0.4, 0.5) is 10.5 Å². The van der Waals surface area contributed by atoms with Crippen molar-refractivity contribution in [1.82, 2.24) is 4.90 Å². The molecule has 0 radical (unpaired) electrons. The van der Waals surface area contributed by atoms with Crippen molar-refractivity contribution in [1.29, 1.82) is 0 Å². The highest BCUT2D eigenvalue weighted by Crippen LogP contribution is 2.31. The molecule has 122 valence electrons. The van der Waals surface area contributed by atoms with Crippen LogP contribution in [0.1, 0.15) is 38.2 Å². The highest BCUT2D eigenvalue weighted by molar-refractivity contribution is 7.99. The summed E-state index contributed by atoms with van der Waals surface area (Å²) in [5, 5.41) is 12.7. The monoisotopic (exact) mass is 322 g/mol. The number of hydrogen-bond donors (Lipinski definition) is 2. The van der Waals surface area contributed by atoms with E-state index in [0.29, 0.717) is 13.1 Å². The molecule has 0 bridgehead atoms. The van der Waals surface area contributed by atoms with Gasteiger partial charge >= 0.3 is 6.03 Å². The lowest BCUT2D eigenvalue weighted by atomic mass is 10.2. The highest BCUT2D eigenvalue weighted by Gasteiger charge is 2.15. The Balaban J connectivity index is 1.88. The van der Waals surface area contributed by atoms with Gasteiger partial charge in [0.1, 0.15) is 0 Å². The Morgan fingerprint density at radius 2 is 2.18 bits per heavy atom. The van der Waals surface area contributed by atoms with Gasteiger partial charge in [-0.1, -0.05) is 25.0 Å². The molecule has 0 saturated heterocycles. The average molecular weight is 322 g/mol. The maximum Gasteiger partial charge on any atom is 0.321 e. The third-order valence-corrected chi connectivity index (χ3v) is 5.45. The fraction of sp³-hybridized carbons (Fsp3) is 0.588. The summed E-state index contributed by atoms with van der Waals surface area (Å²) < 4.78 is 0. The number of nitrogens with one attached hydrogen (secondary N) is 1. The van der Waals surface area contributed by atoms with Gasteiger partial charge in [-0.3, -0.25) is 0 Å². The summed E-state index contributed by atoms with van der Waals surface area (Å²) in [6, 6.07) is 7.91. The fourth-order valence-corrected chi connectivity index (χ4v) is 4.01. The van der Waals surface area contributed by atoms with Crippen molar-refractivity contribution >= 4 is 23.5 Å². The first kappa shape index (κ1) is 17.2. The van der Waals surface area contributed by atoms with E-state index < -0.39 is 0 Å². The van der Waals surface area contributed by atoms with E-state index in [-0.39, 0.29) is 12.6 Å². The van der Waals surface area contributed by atoms with Crippen LogP contribution in [-0.2, 0) is 5.75 Å². The van der Waals surface area contributed by atoms with Crippen LogP contribution < -0.4 is 5.32 Å². The predicted molar refractivity (Wildman–Crippen MR) is 93.3 cm³/mol. The first-order valence-electron chi connectivity index (χ1n) is 8.10. The van der Waals surface area contributed by atoms with Crippen molar-refractivity contribution in [2.45, 2.75) is 43.6 Å². The van der Waals surface area contributed by atoms with Crippen molar-refractivity contribution in [2.24, 2.45) is 0 Å². The van der Waals surface area contributed by atoms with E-state index in [1.54, 1.807) is 4.90 Å². The maximum atomic E-state index is 12.1. The van der Waals surface area contributed by atoms with Gasteiger partial charge in [-0.05, 0) is 37.5 Å². The van der Waals surface area contributed by atoms with Crippen molar-refractivity contribution in [2.75, 3.05) is 25.0 Å². The normalized spacial score (nSPS) is 15.0. The van der Waals surface area contributed by atoms with Gasteiger partial charge in [0.05, 0.1) is 6.61 Å². The van der Waals surface area contributed by atoms with E-state index in [9.17, 15) is 4.79 Å². The minimum absolute atomic E-state index is 0.0146. The molecular formula is C17H26N2O2S. The second-order valence-corrected chi connectivity index (χ2v) is 6.94. The molecule has 1 aromatic carbocycles. The zero-order chi connectivity index (χ0) is 15.8. The number of urea groups is 1. The second kappa shape index (κ2) is 9.06. The van der Waals surface area contributed by atoms with Crippen LogP contribution in [0.2, 0.25) is 0 Å². The molecule has 1 aliphatic rings. The number of benzene rings is 1. The third kappa shape index (κ3) is 5.21. The molecule has 0 unspecified atom stereocenters. The van der Waals surface area contributed by atoms with Gasteiger partial charge in [-0.25, -0.2) is 4.79 Å². The molecule has 1 fully saturated rings. The zero-order valence-corrected chi connectivity index (χ0v) is 14.1. The number of aliphatic hydroxyl groups is 1. The van der Waals surface area contributed by atoms with Crippen LogP contribution >= 0.6 is 11.8 Å². The quantitative estimate of drug-likeness (QED) is 0.804. The standard InChI is InChI=1S/C17H26N2O2S/c1-2-19(10-11-20)17(21)18-15-7-5-6-14(12-15)13-22-16-8-3-4-9-16/h5-7,12,16,20H,2-4,8-11,13H2,1H3,(H,18,21). The van der Waals surface area contributed by atoms with E-state index in [1.165, 1.54) is 31.2 Å². The van der Waals surface area contributed by atoms with Gasteiger partial charge in [0, 0.05) is 29.8 Å². The minimum Gasteiger partial charge on any atom is -0.395 e. The first-order chi connectivity index (χ1) is 10.7. The van der Waals surface area contributed by atoms with E-state index in [0.717, 1.165) is 16.7 Å². The van der Waals surface area contributed by atoms with Crippen LogP contribution in [0.15, 0.2) is 24.3 Å². The summed E-state index contributed by atoms with van der Waals surface area (Å²) in [5.74, 6) is 1.00. The van der Waals surface area contributed by atoms with E-state index in [4.69, 9.17) is 5.11 Å². The molecule has 2 rings (SSSR count). The van der Waals surface area contributed by atoms with Crippen LogP contribution in [-0.4, -0.2) is 41.0 Å². The number of likely N-dealkylation sites (N-methyl/N-ethyl adjacent to an activating group) is 1. The molecule has 5 heteroatoms. The molecule has 1 aliphatic carbocycles. The van der Waals surface area contributed by atoms with Gasteiger partial charge in [0.2, 0.25) is 0 Å². The fourth-order valence-electron chi connectivity index (χ4n) is 2.73. The summed E-state index contributed by atoms with van der Waals surface area (Å²) in [7, 11) is 0. The van der Waals surface area contributed by atoms with E-state index in [2.05, 4.69) is 11.4 Å². The average Bonchev–Trinajstić information content (AvgIpc) is 3.04. The number of thioether (sulfide) groups is 1. The molecule has 0 heterocycles. The predicted octanol–water partition coefficient (Wildman–Crippen LogP) is 3.71. The van der Waals surface area contributed by atoms with Gasteiger partial charge < -0.3 is 15.3 Å². The molecule has 22 heavy (non-hydrogen) atoms. The third-order valence-electron chi connectivity index (χ3n) is 4.01. The smallest absolute Gasteiger partial charge is 0.321 e. The number of carbonyl (C=O) groups excluding carboxylic acids is 1. The SMILES string of the molecule is CCN(CCO)C(=O)Nc1cccc(CSC2CCCC2)c1. The molecule has 2 amide bonds. The van der Waals surface area contributed by atoms with Crippen LogP contribution in [0.25, 0.3) is 0 Å². The first-order valence-corrected chi connectivity index (χ1v) is 9.15. The highest BCUT2D eigenvalue weighted by atomic mass is 32.2. The summed E-state index contributed by atoms with van der Waals surface area (Å²) in [4.78, 5) is 13.7. The van der Waals surface area contributed by atoms with Crippen LogP contribution in [0.3, 0.4) is 0 Å². The molecule has 1 saturated carbocycles. The minimum atomic E-state index is -0.155. The number of carbonyl (C=O) groups is 1. The maximum absolute atomic E-state index is 12.1. The molecule has 4 nitrogen and oxygen atoms in total. The Labute approximate surface area is 137 Å². The van der Waals surface area contributed by atoms with Gasteiger partial charge in [0.15, 0.2) is 0 Å². The molecule has 0 spiro atoms. The number of aliphatic hydroxyl groups excluding tert-OH is 1. The van der Waals surface area contributed by atoms with Crippen molar-refractivity contribution < 1.29 is 9.90 Å². The number of anilines is 1. The molecular weight excluding hydrogens is 296 g/mol. The number of amides is 2. The summed E-state index contributed by atoms with van der Waals surface area (Å²) >= 11 is 2.03. The Morgan fingerprint density at radius 1 is 1.41 bits per heavy atom. The van der Waals surface area contributed by atoms with E-state index in [1.807, 2.05) is 36.9 Å². The Bertz CT molecular complexity index is 475.